The molecule has 10 saturated heterocycles. The molecule has 13 rings (SSSR count). The van der Waals surface area contributed by atoms with E-state index in [2.05, 4.69) is 60.7 Å². The van der Waals surface area contributed by atoms with Crippen molar-refractivity contribution in [3.05, 3.63) is 77.5 Å². The Labute approximate surface area is 159 Å². The predicted molar refractivity (Wildman–Crippen MR) is 109 cm³/mol. The standard InChI is InChI=1S/C21H17N2.C5H5.Fe/c22-14-15-5-7-16(8-6-15)18-9-10-19(13-18)21-12-11-17-3-1-2-4-20(17)23-21;1-2-4-5-3-1;/h1-13H,14,22H2;1-5H;. The molecule has 5 atom stereocenters. The summed E-state index contributed by atoms with van der Waals surface area (Å²) in [5.74, 6) is 0. The van der Waals surface area contributed by atoms with Gasteiger partial charge in [-0.3, -0.25) is 0 Å². The molecule has 10 aliphatic rings. The quantitative estimate of drug-likeness (QED) is 0.563. The van der Waals surface area contributed by atoms with Crippen LogP contribution < -0.4 is 5.73 Å². The molecular weight excluding hydrogens is 396 g/mol. The van der Waals surface area contributed by atoms with Crippen LogP contribution in [0.5, 0.6) is 0 Å². The number of fused-ring (bicyclic) bond motifs is 11. The molecule has 3 heteroatoms. The van der Waals surface area contributed by atoms with Gasteiger partial charge in [-0.15, -0.1) is 0 Å². The molecule has 1 spiro atoms. The van der Waals surface area contributed by atoms with Gasteiger partial charge in [-0.05, 0) is 0 Å². The van der Waals surface area contributed by atoms with Gasteiger partial charge in [0.15, 0.2) is 0 Å². The number of aromatic nitrogens is 1. The van der Waals surface area contributed by atoms with Crippen LogP contribution in [0.2, 0.25) is 38.5 Å². The van der Waals surface area contributed by atoms with Gasteiger partial charge >= 0.3 is 159 Å². The molecule has 5 unspecified atom stereocenters. The van der Waals surface area contributed by atoms with E-state index in [0.29, 0.717) is 10.9 Å². The third kappa shape index (κ3) is 0.216. The molecule has 3 aromatic rings. The monoisotopic (exact) mass is 418 g/mol. The fourth-order valence-corrected chi connectivity index (χ4v) is 96.2. The maximum atomic E-state index is 5.92. The van der Waals surface area contributed by atoms with Crippen molar-refractivity contribution in [2.75, 3.05) is 0 Å². The van der Waals surface area contributed by atoms with Crippen LogP contribution in [0.4, 0.5) is 0 Å². The SMILES string of the molecule is NCc1ccc([C]23[CH]4[CH]5[C]6(c7ccc8ccccc8n7)[CH]2[Fe]45362789[CH]3[CH]2[CH]7[CH]8[CH]39)cc1. The van der Waals surface area contributed by atoms with E-state index in [1.165, 1.54) is 50.2 Å². The minimum absolute atomic E-state index is 0.658. The second kappa shape index (κ2) is 1.49. The Bertz CT molecular complexity index is 1850. The molecule has 10 aliphatic heterocycles. The molecule has 0 radical (unpaired) electrons. The van der Waals surface area contributed by atoms with Crippen LogP contribution in [-0.4, -0.2) is 4.98 Å². The fourth-order valence-electron chi connectivity index (χ4n) is 20.2. The number of para-hydroxylation sites is 1. The van der Waals surface area contributed by atoms with E-state index in [1.807, 2.05) is 0 Å². The number of nitrogens with two attached hydrogens (primary N) is 1. The fraction of sp³-hybridized carbons (Fsp3) is 0.423. The Balaban J connectivity index is 1.20. The van der Waals surface area contributed by atoms with Crippen molar-refractivity contribution < 1.29 is 6.51 Å². The van der Waals surface area contributed by atoms with Gasteiger partial charge in [-0.2, -0.15) is 0 Å². The number of benzene rings is 2. The third-order valence-electron chi connectivity index (χ3n) is 18.4. The molecule has 10 fully saturated rings. The van der Waals surface area contributed by atoms with Crippen LogP contribution in [0.25, 0.3) is 10.9 Å². The Hall–Kier alpha value is -1.67. The molecule has 29 heavy (non-hydrogen) atoms. The van der Waals surface area contributed by atoms with Crippen molar-refractivity contribution in [3.63, 3.8) is 0 Å². The zero-order chi connectivity index (χ0) is 18.3. The Morgan fingerprint density at radius 1 is 0.793 bits per heavy atom. The molecule has 2 nitrogen and oxygen atoms in total. The summed E-state index contributed by atoms with van der Waals surface area (Å²) < 4.78 is 1.39. The molecule has 0 bridgehead atoms. The normalized spacial score (nSPS) is 77.3. The zero-order valence-electron chi connectivity index (χ0n) is 16.0. The van der Waals surface area contributed by atoms with Gasteiger partial charge in [0.1, 0.15) is 0 Å². The van der Waals surface area contributed by atoms with Gasteiger partial charge in [0.05, 0.1) is 0 Å². The molecular formula is C26H22FeN2. The number of pyridine rings is 1. The molecule has 144 valence electrons. The second-order valence-corrected chi connectivity index (χ2v) is 37.3. The second-order valence-electron chi connectivity index (χ2n) is 14.1. The molecule has 2 N–H and O–H groups in total. The first-order valence-electron chi connectivity index (χ1n) is 11.4. The number of rotatable bonds is 3. The first-order valence-corrected chi connectivity index (χ1v) is 17.6. The summed E-state index contributed by atoms with van der Waals surface area (Å²) in [6.07, 6.45) is 0. The van der Waals surface area contributed by atoms with Gasteiger partial charge in [0.25, 0.3) is 0 Å². The Morgan fingerprint density at radius 3 is 2.14 bits per heavy atom. The van der Waals surface area contributed by atoms with Crippen LogP contribution in [0.15, 0.2) is 60.7 Å². The van der Waals surface area contributed by atoms with Crippen molar-refractivity contribution in [2.24, 2.45) is 5.73 Å². The molecule has 1 aromatic heterocycles. The first kappa shape index (κ1) is 12.2. The van der Waals surface area contributed by atoms with Crippen LogP contribution >= 0.6 is 0 Å². The Morgan fingerprint density at radius 2 is 1.48 bits per heavy atom. The van der Waals surface area contributed by atoms with Crippen molar-refractivity contribution in [1.82, 2.24) is 4.98 Å². The van der Waals surface area contributed by atoms with Gasteiger partial charge in [-0.25, -0.2) is 0 Å². The summed E-state index contributed by atoms with van der Waals surface area (Å²) >= 11 is 0. The molecule has 11 heterocycles. The van der Waals surface area contributed by atoms with E-state index < -0.39 is 6.51 Å². The maximum absolute atomic E-state index is 5.92. The molecule has 0 aliphatic carbocycles. The van der Waals surface area contributed by atoms with Crippen LogP contribution in [0, 0.1) is 0 Å². The van der Waals surface area contributed by atoms with E-state index in [9.17, 15) is 0 Å². The molecule has 0 amide bonds. The molecule has 0 saturated carbocycles. The topological polar surface area (TPSA) is 38.9 Å². The van der Waals surface area contributed by atoms with Crippen molar-refractivity contribution in [1.29, 1.82) is 0 Å². The summed E-state index contributed by atoms with van der Waals surface area (Å²) in [5.41, 5.74) is 11.8. The van der Waals surface area contributed by atoms with Gasteiger partial charge in [0.2, 0.25) is 0 Å². The van der Waals surface area contributed by atoms with Gasteiger partial charge in [0, 0.05) is 0 Å². The van der Waals surface area contributed by atoms with E-state index in [-0.39, 0.29) is 0 Å². The average molecular weight is 418 g/mol. The number of nitrogens with zero attached hydrogens (tertiary/aromatic N) is 1. The minimum atomic E-state index is -3.59. The van der Waals surface area contributed by atoms with Crippen molar-refractivity contribution in [3.8, 4) is 0 Å². The first-order chi connectivity index (χ1) is 14.0. The van der Waals surface area contributed by atoms with E-state index in [0.717, 1.165) is 9.13 Å². The predicted octanol–water partition coefficient (Wildman–Crippen LogP) is 5.60. The van der Waals surface area contributed by atoms with Crippen LogP contribution in [0.1, 0.15) is 16.8 Å². The molecule has 2 aromatic carbocycles. The number of hydrogen-bond donors (Lipinski definition) is 1. The van der Waals surface area contributed by atoms with Crippen molar-refractivity contribution >= 4 is 10.9 Å². The average Bonchev–Trinajstić information content (AvgIpc) is 3.72. The summed E-state index contributed by atoms with van der Waals surface area (Å²) in [7, 11) is 0. The van der Waals surface area contributed by atoms with Crippen LogP contribution in [-0.2, 0) is 21.7 Å². The summed E-state index contributed by atoms with van der Waals surface area (Å²) in [6, 6.07) is 23.4. The summed E-state index contributed by atoms with van der Waals surface area (Å²) in [6.45, 7) is -2.92. The van der Waals surface area contributed by atoms with Gasteiger partial charge < -0.3 is 0 Å². The van der Waals surface area contributed by atoms with Crippen LogP contribution in [0.3, 0.4) is 0 Å². The van der Waals surface area contributed by atoms with Crippen molar-refractivity contribution in [2.45, 2.75) is 53.7 Å². The Kier molecular flexibility index (Phi) is 0.631. The summed E-state index contributed by atoms with van der Waals surface area (Å²) in [4.78, 5) is 15.3. The van der Waals surface area contributed by atoms with E-state index in [1.54, 1.807) is 11.3 Å². The van der Waals surface area contributed by atoms with E-state index >= 15 is 0 Å². The number of hydrogen-bond acceptors (Lipinski definition) is 2. The van der Waals surface area contributed by atoms with E-state index in [4.69, 9.17) is 10.7 Å². The third-order valence-corrected chi connectivity index (χ3v) is 61.2. The van der Waals surface area contributed by atoms with Gasteiger partial charge in [-0.1, -0.05) is 0 Å². The zero-order valence-corrected chi connectivity index (χ0v) is 17.1. The summed E-state index contributed by atoms with van der Waals surface area (Å²) in [5, 5.41) is 1.31.